The average Bonchev–Trinajstić information content (AvgIpc) is 2.38. The topological polar surface area (TPSA) is 40.5 Å². The van der Waals surface area contributed by atoms with Crippen molar-refractivity contribution in [2.75, 3.05) is 13.1 Å². The molecule has 1 saturated heterocycles. The van der Waals surface area contributed by atoms with Gasteiger partial charge in [-0.25, -0.2) is 0 Å². The van der Waals surface area contributed by atoms with Crippen LogP contribution < -0.4 is 0 Å². The number of aliphatic carboxylic acids is 1. The molecule has 116 valence electrons. The van der Waals surface area contributed by atoms with E-state index < -0.39 is 5.97 Å². The summed E-state index contributed by atoms with van der Waals surface area (Å²) in [6.07, 6.45) is 6.88. The lowest BCUT2D eigenvalue weighted by molar-refractivity contribution is -0.138. The van der Waals surface area contributed by atoms with E-state index in [0.29, 0.717) is 18.3 Å². The summed E-state index contributed by atoms with van der Waals surface area (Å²) in [6, 6.07) is 0.726. The van der Waals surface area contributed by atoms with Crippen LogP contribution in [0.5, 0.6) is 0 Å². The van der Waals surface area contributed by atoms with Crippen LogP contribution >= 0.6 is 0 Å². The van der Waals surface area contributed by atoms with Crippen LogP contribution in [-0.4, -0.2) is 35.1 Å². The molecule has 0 bridgehead atoms. The van der Waals surface area contributed by atoms with Crippen LogP contribution in [0.15, 0.2) is 0 Å². The first-order chi connectivity index (χ1) is 9.49. The fourth-order valence-electron chi connectivity index (χ4n) is 4.60. The third-order valence-electron chi connectivity index (χ3n) is 5.70. The number of nitrogens with zero attached hydrogens (tertiary/aromatic N) is 1. The SMILES string of the molecule is CC(CC(=O)O)C1CCCN(C2C(C)CCCC2C)C1. The maximum Gasteiger partial charge on any atom is 0.303 e. The molecule has 0 radical (unpaired) electrons. The number of piperidine rings is 1. The van der Waals surface area contributed by atoms with Gasteiger partial charge in [-0.2, -0.15) is 0 Å². The lowest BCUT2D eigenvalue weighted by atomic mass is 9.76. The van der Waals surface area contributed by atoms with Gasteiger partial charge in [-0.1, -0.05) is 27.2 Å². The molecular formula is C17H31NO2. The van der Waals surface area contributed by atoms with Crippen molar-refractivity contribution in [3.8, 4) is 0 Å². The molecule has 4 unspecified atom stereocenters. The molecule has 2 rings (SSSR count). The molecule has 2 fully saturated rings. The Hall–Kier alpha value is -0.570. The highest BCUT2D eigenvalue weighted by Crippen LogP contribution is 2.36. The fraction of sp³-hybridized carbons (Fsp3) is 0.941. The third kappa shape index (κ3) is 3.75. The first kappa shape index (κ1) is 15.8. The van der Waals surface area contributed by atoms with E-state index in [2.05, 4.69) is 25.7 Å². The summed E-state index contributed by atoms with van der Waals surface area (Å²) < 4.78 is 0. The second-order valence-electron chi connectivity index (χ2n) is 7.35. The summed E-state index contributed by atoms with van der Waals surface area (Å²) >= 11 is 0. The van der Waals surface area contributed by atoms with Crippen molar-refractivity contribution in [1.82, 2.24) is 4.90 Å². The predicted molar refractivity (Wildman–Crippen MR) is 81.7 cm³/mol. The largest absolute Gasteiger partial charge is 0.481 e. The van der Waals surface area contributed by atoms with Gasteiger partial charge in [-0.3, -0.25) is 9.69 Å². The highest BCUT2D eigenvalue weighted by atomic mass is 16.4. The predicted octanol–water partition coefficient (Wildman–Crippen LogP) is 3.63. The molecule has 1 aliphatic carbocycles. The van der Waals surface area contributed by atoms with E-state index in [4.69, 9.17) is 5.11 Å². The van der Waals surface area contributed by atoms with Crippen molar-refractivity contribution in [1.29, 1.82) is 0 Å². The van der Waals surface area contributed by atoms with E-state index in [0.717, 1.165) is 24.4 Å². The van der Waals surface area contributed by atoms with Gasteiger partial charge in [-0.05, 0) is 55.9 Å². The standard InChI is InChI=1S/C17H31NO2/c1-12-6-4-7-13(2)17(12)18-9-5-8-15(11-18)14(3)10-16(19)20/h12-15,17H,4-11H2,1-3H3,(H,19,20). The van der Waals surface area contributed by atoms with Crippen LogP contribution in [-0.2, 0) is 4.79 Å². The molecule has 1 heterocycles. The Balaban J connectivity index is 1.97. The molecule has 2 aliphatic rings. The van der Waals surface area contributed by atoms with Gasteiger partial charge in [0.25, 0.3) is 0 Å². The number of carboxylic acid groups (broad SMARTS) is 1. The van der Waals surface area contributed by atoms with E-state index in [9.17, 15) is 4.79 Å². The van der Waals surface area contributed by atoms with Gasteiger partial charge in [0.2, 0.25) is 0 Å². The molecule has 3 heteroatoms. The van der Waals surface area contributed by atoms with Gasteiger partial charge in [0, 0.05) is 19.0 Å². The minimum absolute atomic E-state index is 0.310. The Kier molecular flexibility index (Phi) is 5.48. The minimum Gasteiger partial charge on any atom is -0.481 e. The Morgan fingerprint density at radius 3 is 2.45 bits per heavy atom. The molecule has 1 aliphatic heterocycles. The van der Waals surface area contributed by atoms with E-state index >= 15 is 0 Å². The molecule has 1 saturated carbocycles. The van der Waals surface area contributed by atoms with Crippen molar-refractivity contribution in [2.24, 2.45) is 23.7 Å². The number of rotatable bonds is 4. The molecule has 0 aromatic rings. The van der Waals surface area contributed by atoms with Crippen molar-refractivity contribution in [2.45, 2.75) is 65.3 Å². The Morgan fingerprint density at radius 1 is 1.20 bits per heavy atom. The first-order valence-corrected chi connectivity index (χ1v) is 8.45. The molecule has 0 amide bonds. The zero-order chi connectivity index (χ0) is 14.7. The average molecular weight is 281 g/mol. The molecular weight excluding hydrogens is 250 g/mol. The Bertz CT molecular complexity index is 321. The zero-order valence-electron chi connectivity index (χ0n) is 13.3. The lowest BCUT2D eigenvalue weighted by Crippen LogP contribution is -2.51. The number of carboxylic acids is 1. The molecule has 0 spiro atoms. The quantitative estimate of drug-likeness (QED) is 0.855. The van der Waals surface area contributed by atoms with Crippen LogP contribution in [0, 0.1) is 23.7 Å². The Morgan fingerprint density at radius 2 is 1.85 bits per heavy atom. The van der Waals surface area contributed by atoms with Gasteiger partial charge in [-0.15, -0.1) is 0 Å². The van der Waals surface area contributed by atoms with E-state index in [1.54, 1.807) is 0 Å². The molecule has 4 atom stereocenters. The van der Waals surface area contributed by atoms with E-state index in [1.165, 1.54) is 38.6 Å². The van der Waals surface area contributed by atoms with Crippen LogP contribution in [0.1, 0.15) is 59.3 Å². The van der Waals surface area contributed by atoms with E-state index in [1.807, 2.05) is 0 Å². The smallest absolute Gasteiger partial charge is 0.303 e. The van der Waals surface area contributed by atoms with Crippen molar-refractivity contribution in [3.63, 3.8) is 0 Å². The first-order valence-electron chi connectivity index (χ1n) is 8.45. The van der Waals surface area contributed by atoms with Crippen LogP contribution in [0.2, 0.25) is 0 Å². The number of carbonyl (C=O) groups is 1. The summed E-state index contributed by atoms with van der Waals surface area (Å²) in [7, 11) is 0. The van der Waals surface area contributed by atoms with Gasteiger partial charge < -0.3 is 5.11 Å². The molecule has 0 aromatic heterocycles. The maximum atomic E-state index is 10.9. The van der Waals surface area contributed by atoms with Gasteiger partial charge in [0.05, 0.1) is 0 Å². The summed E-state index contributed by atoms with van der Waals surface area (Å²) in [5.74, 6) is 1.83. The molecule has 20 heavy (non-hydrogen) atoms. The Labute approximate surface area is 123 Å². The summed E-state index contributed by atoms with van der Waals surface area (Å²) in [5.41, 5.74) is 0. The molecule has 0 aromatic carbocycles. The zero-order valence-corrected chi connectivity index (χ0v) is 13.3. The number of hydrogen-bond donors (Lipinski definition) is 1. The van der Waals surface area contributed by atoms with Gasteiger partial charge in [0.1, 0.15) is 0 Å². The summed E-state index contributed by atoms with van der Waals surface area (Å²) in [5, 5.41) is 9.00. The van der Waals surface area contributed by atoms with Crippen LogP contribution in [0.4, 0.5) is 0 Å². The maximum absolute atomic E-state index is 10.9. The third-order valence-corrected chi connectivity index (χ3v) is 5.70. The van der Waals surface area contributed by atoms with Crippen molar-refractivity contribution >= 4 is 5.97 Å². The number of likely N-dealkylation sites (tertiary alicyclic amines) is 1. The fourth-order valence-corrected chi connectivity index (χ4v) is 4.60. The summed E-state index contributed by atoms with van der Waals surface area (Å²) in [4.78, 5) is 13.6. The van der Waals surface area contributed by atoms with E-state index in [-0.39, 0.29) is 0 Å². The monoisotopic (exact) mass is 281 g/mol. The summed E-state index contributed by atoms with van der Waals surface area (Å²) in [6.45, 7) is 9.27. The molecule has 3 nitrogen and oxygen atoms in total. The second kappa shape index (κ2) is 6.93. The van der Waals surface area contributed by atoms with Crippen molar-refractivity contribution in [3.05, 3.63) is 0 Å². The van der Waals surface area contributed by atoms with Crippen LogP contribution in [0.3, 0.4) is 0 Å². The normalized spacial score (nSPS) is 37.5. The lowest BCUT2D eigenvalue weighted by Gasteiger charge is -2.47. The highest BCUT2D eigenvalue weighted by Gasteiger charge is 2.36. The van der Waals surface area contributed by atoms with Gasteiger partial charge in [0.15, 0.2) is 0 Å². The van der Waals surface area contributed by atoms with Crippen molar-refractivity contribution < 1.29 is 9.90 Å². The van der Waals surface area contributed by atoms with Crippen LogP contribution in [0.25, 0.3) is 0 Å². The van der Waals surface area contributed by atoms with Gasteiger partial charge >= 0.3 is 5.97 Å². The second-order valence-corrected chi connectivity index (χ2v) is 7.35. The minimum atomic E-state index is -0.644. The highest BCUT2D eigenvalue weighted by molar-refractivity contribution is 5.67. The number of hydrogen-bond acceptors (Lipinski definition) is 2. The molecule has 1 N–H and O–H groups in total.